The topological polar surface area (TPSA) is 72.2 Å². The molecule has 0 aliphatic carbocycles. The lowest BCUT2D eigenvalue weighted by Crippen LogP contribution is -2.30. The van der Waals surface area contributed by atoms with E-state index in [2.05, 4.69) is 15.9 Å². The second-order valence-corrected chi connectivity index (χ2v) is 4.86. The van der Waals surface area contributed by atoms with Gasteiger partial charge in [-0.25, -0.2) is 12.8 Å². The lowest BCUT2D eigenvalue weighted by Gasteiger charge is -2.02. The van der Waals surface area contributed by atoms with E-state index in [0.29, 0.717) is 4.47 Å². The van der Waals surface area contributed by atoms with Gasteiger partial charge in [-0.05, 0) is 18.2 Å². The molecule has 7 heteroatoms. The number of nitrogens with one attached hydrogen (secondary N) is 1. The maximum absolute atomic E-state index is 12.7. The van der Waals surface area contributed by atoms with E-state index in [1.54, 1.807) is 4.83 Å². The van der Waals surface area contributed by atoms with Crippen molar-refractivity contribution in [2.75, 3.05) is 0 Å². The minimum absolute atomic E-state index is 0.220. The lowest BCUT2D eigenvalue weighted by atomic mass is 10.3. The van der Waals surface area contributed by atoms with Crippen LogP contribution in [0.3, 0.4) is 0 Å². The third kappa shape index (κ3) is 2.47. The van der Waals surface area contributed by atoms with Crippen LogP contribution in [0.15, 0.2) is 27.6 Å². The SMILES string of the molecule is NNS(=O)(=O)c1cc(F)cc(Br)c1. The van der Waals surface area contributed by atoms with Gasteiger partial charge in [-0.3, -0.25) is 5.84 Å². The summed E-state index contributed by atoms with van der Waals surface area (Å²) in [5.74, 6) is 4.11. The summed E-state index contributed by atoms with van der Waals surface area (Å²) >= 11 is 2.96. The summed E-state index contributed by atoms with van der Waals surface area (Å²) in [4.78, 5) is 1.38. The molecule has 0 aromatic heterocycles. The van der Waals surface area contributed by atoms with Crippen LogP contribution >= 0.6 is 15.9 Å². The molecule has 1 aromatic rings. The first kappa shape index (κ1) is 10.6. The molecule has 0 heterocycles. The van der Waals surface area contributed by atoms with Crippen LogP contribution in [0.1, 0.15) is 0 Å². The molecule has 0 amide bonds. The first-order valence-corrected chi connectivity index (χ1v) is 5.42. The molecule has 0 atom stereocenters. The molecule has 0 bridgehead atoms. The molecule has 0 aliphatic rings. The van der Waals surface area contributed by atoms with Gasteiger partial charge in [0.05, 0.1) is 4.90 Å². The summed E-state index contributed by atoms with van der Waals surface area (Å²) in [6.45, 7) is 0. The number of hydrogen-bond donors (Lipinski definition) is 2. The average molecular weight is 269 g/mol. The Morgan fingerprint density at radius 3 is 2.46 bits per heavy atom. The predicted molar refractivity (Wildman–Crippen MR) is 48.6 cm³/mol. The van der Waals surface area contributed by atoms with Gasteiger partial charge in [-0.15, -0.1) is 0 Å². The van der Waals surface area contributed by atoms with E-state index >= 15 is 0 Å². The van der Waals surface area contributed by atoms with Gasteiger partial charge in [0.15, 0.2) is 0 Å². The van der Waals surface area contributed by atoms with Crippen LogP contribution in [0.2, 0.25) is 0 Å². The van der Waals surface area contributed by atoms with Crippen LogP contribution in [-0.4, -0.2) is 8.42 Å². The summed E-state index contributed by atoms with van der Waals surface area (Å²) in [6.07, 6.45) is 0. The third-order valence-electron chi connectivity index (χ3n) is 1.30. The average Bonchev–Trinajstić information content (AvgIpc) is 2.02. The summed E-state index contributed by atoms with van der Waals surface area (Å²) in [7, 11) is -3.79. The molecule has 0 spiro atoms. The number of halogens is 2. The number of rotatable bonds is 2. The molecule has 0 aliphatic heterocycles. The van der Waals surface area contributed by atoms with E-state index < -0.39 is 15.8 Å². The molecule has 0 fully saturated rings. The first-order chi connectivity index (χ1) is 5.95. The van der Waals surface area contributed by atoms with Gasteiger partial charge in [0.1, 0.15) is 5.82 Å². The van der Waals surface area contributed by atoms with E-state index in [1.165, 1.54) is 6.07 Å². The highest BCUT2D eigenvalue weighted by atomic mass is 79.9. The molecular weight excluding hydrogens is 263 g/mol. The first-order valence-electron chi connectivity index (χ1n) is 3.14. The molecule has 0 unspecified atom stereocenters. The summed E-state index contributed by atoms with van der Waals surface area (Å²) in [5.41, 5.74) is 0. The Bertz CT molecular complexity index is 400. The Labute approximate surface area is 83.1 Å². The standard InChI is InChI=1S/C6H6BrFN2O2S/c7-4-1-5(8)3-6(2-4)13(11,12)10-9/h1-3,10H,9H2. The van der Waals surface area contributed by atoms with Crippen LogP contribution in [0.5, 0.6) is 0 Å². The number of benzene rings is 1. The fraction of sp³-hybridized carbons (Fsp3) is 0. The number of sulfonamides is 1. The number of hydrogen-bond acceptors (Lipinski definition) is 3. The Morgan fingerprint density at radius 2 is 2.00 bits per heavy atom. The van der Waals surface area contributed by atoms with Crippen molar-refractivity contribution >= 4 is 26.0 Å². The Balaban J connectivity index is 3.32. The van der Waals surface area contributed by atoms with Crippen molar-refractivity contribution in [3.05, 3.63) is 28.5 Å². The Morgan fingerprint density at radius 1 is 1.38 bits per heavy atom. The summed E-state index contributed by atoms with van der Waals surface area (Å²) in [6, 6.07) is 3.27. The van der Waals surface area contributed by atoms with Crippen LogP contribution in [-0.2, 0) is 10.0 Å². The summed E-state index contributed by atoms with van der Waals surface area (Å²) in [5, 5.41) is 0. The zero-order valence-electron chi connectivity index (χ0n) is 6.29. The normalized spacial score (nSPS) is 11.6. The molecule has 0 saturated carbocycles. The van der Waals surface area contributed by atoms with E-state index in [-0.39, 0.29) is 4.90 Å². The van der Waals surface area contributed by atoms with Crippen molar-refractivity contribution in [3.8, 4) is 0 Å². The minimum Gasteiger partial charge on any atom is -0.257 e. The van der Waals surface area contributed by atoms with Crippen molar-refractivity contribution in [1.82, 2.24) is 4.83 Å². The van der Waals surface area contributed by atoms with E-state index in [9.17, 15) is 12.8 Å². The largest absolute Gasteiger partial charge is 0.257 e. The zero-order valence-corrected chi connectivity index (χ0v) is 8.69. The molecule has 3 N–H and O–H groups in total. The van der Waals surface area contributed by atoms with Crippen molar-refractivity contribution in [1.29, 1.82) is 0 Å². The predicted octanol–water partition coefficient (Wildman–Crippen LogP) is 0.740. The molecule has 4 nitrogen and oxygen atoms in total. The van der Waals surface area contributed by atoms with Crippen LogP contribution < -0.4 is 10.7 Å². The van der Waals surface area contributed by atoms with Crippen molar-refractivity contribution in [2.45, 2.75) is 4.90 Å². The second kappa shape index (κ2) is 3.70. The van der Waals surface area contributed by atoms with Crippen LogP contribution in [0.4, 0.5) is 4.39 Å². The number of nitrogens with two attached hydrogens (primary N) is 1. The summed E-state index contributed by atoms with van der Waals surface area (Å²) < 4.78 is 35.2. The smallest absolute Gasteiger partial charge is 0.253 e. The van der Waals surface area contributed by atoms with Crippen molar-refractivity contribution < 1.29 is 12.8 Å². The van der Waals surface area contributed by atoms with Crippen molar-refractivity contribution in [3.63, 3.8) is 0 Å². The van der Waals surface area contributed by atoms with E-state index in [1.807, 2.05) is 0 Å². The quantitative estimate of drug-likeness (QED) is 0.614. The van der Waals surface area contributed by atoms with Crippen molar-refractivity contribution in [2.24, 2.45) is 5.84 Å². The molecular formula is C6H6BrFN2O2S. The fourth-order valence-corrected chi connectivity index (χ4v) is 2.05. The maximum atomic E-state index is 12.7. The maximum Gasteiger partial charge on any atom is 0.253 e. The highest BCUT2D eigenvalue weighted by molar-refractivity contribution is 9.10. The van der Waals surface area contributed by atoms with Gasteiger partial charge < -0.3 is 0 Å². The zero-order chi connectivity index (χ0) is 10.1. The van der Waals surface area contributed by atoms with E-state index in [4.69, 9.17) is 5.84 Å². The van der Waals surface area contributed by atoms with Gasteiger partial charge in [0, 0.05) is 4.47 Å². The van der Waals surface area contributed by atoms with Crippen LogP contribution in [0, 0.1) is 5.82 Å². The van der Waals surface area contributed by atoms with Crippen LogP contribution in [0.25, 0.3) is 0 Å². The molecule has 13 heavy (non-hydrogen) atoms. The molecule has 0 saturated heterocycles. The van der Waals surface area contributed by atoms with Gasteiger partial charge in [-0.1, -0.05) is 15.9 Å². The van der Waals surface area contributed by atoms with Gasteiger partial charge in [-0.2, -0.15) is 4.83 Å². The fourth-order valence-electron chi connectivity index (χ4n) is 0.752. The van der Waals surface area contributed by atoms with E-state index in [0.717, 1.165) is 12.1 Å². The second-order valence-electron chi connectivity index (χ2n) is 2.23. The minimum atomic E-state index is -3.79. The Hall–Kier alpha value is -0.500. The molecule has 72 valence electrons. The number of hydrazine groups is 1. The molecule has 0 radical (unpaired) electrons. The van der Waals surface area contributed by atoms with Gasteiger partial charge >= 0.3 is 0 Å². The monoisotopic (exact) mass is 268 g/mol. The third-order valence-corrected chi connectivity index (χ3v) is 2.93. The van der Waals surface area contributed by atoms with Gasteiger partial charge in [0.25, 0.3) is 10.0 Å². The highest BCUT2D eigenvalue weighted by Crippen LogP contribution is 2.17. The highest BCUT2D eigenvalue weighted by Gasteiger charge is 2.13. The van der Waals surface area contributed by atoms with Gasteiger partial charge in [0.2, 0.25) is 0 Å². The Kier molecular flexibility index (Phi) is 3.01. The lowest BCUT2D eigenvalue weighted by molar-refractivity contribution is 0.579. The molecule has 1 aromatic carbocycles. The molecule has 1 rings (SSSR count).